The average molecular weight is 288 g/mol. The van der Waals surface area contributed by atoms with Crippen LogP contribution in [0.2, 0.25) is 0 Å². The van der Waals surface area contributed by atoms with Crippen LogP contribution in [0.5, 0.6) is 0 Å². The van der Waals surface area contributed by atoms with Gasteiger partial charge in [-0.3, -0.25) is 10.3 Å². The molecule has 4 aromatic rings. The summed E-state index contributed by atoms with van der Waals surface area (Å²) in [5.74, 6) is 1.08. The first-order valence-corrected chi connectivity index (χ1v) is 6.85. The third-order valence-corrected chi connectivity index (χ3v) is 3.20. The van der Waals surface area contributed by atoms with Gasteiger partial charge < -0.3 is 4.98 Å². The fourth-order valence-electron chi connectivity index (χ4n) is 2.19. The molecular weight excluding hydrogens is 276 g/mol. The summed E-state index contributed by atoms with van der Waals surface area (Å²) >= 11 is 0. The molecule has 0 atom stereocenters. The summed E-state index contributed by atoms with van der Waals surface area (Å²) in [4.78, 5) is 20.6. The van der Waals surface area contributed by atoms with Crippen molar-refractivity contribution in [3.05, 3.63) is 60.9 Å². The Morgan fingerprint density at radius 3 is 2.55 bits per heavy atom. The van der Waals surface area contributed by atoms with Gasteiger partial charge in [0.1, 0.15) is 0 Å². The largest absolute Gasteiger partial charge is 0.324 e. The molecular formula is C16H12N6. The monoisotopic (exact) mass is 288 g/mol. The van der Waals surface area contributed by atoms with Crippen LogP contribution in [0.4, 0.5) is 11.9 Å². The number of fused-ring (bicyclic) bond motifs is 1. The molecule has 1 aromatic carbocycles. The zero-order valence-electron chi connectivity index (χ0n) is 11.6. The number of benzene rings is 1. The number of hydrogen-bond acceptors (Lipinski definition) is 5. The predicted molar refractivity (Wildman–Crippen MR) is 84.6 cm³/mol. The highest BCUT2D eigenvalue weighted by Crippen LogP contribution is 2.18. The molecule has 0 amide bonds. The number of anilines is 2. The molecule has 0 unspecified atom stereocenters. The maximum Gasteiger partial charge on any atom is 0.230 e. The number of nitrogens with one attached hydrogen (secondary N) is 2. The molecule has 6 heteroatoms. The van der Waals surface area contributed by atoms with Gasteiger partial charge >= 0.3 is 0 Å². The van der Waals surface area contributed by atoms with Gasteiger partial charge in [-0.1, -0.05) is 18.2 Å². The summed E-state index contributed by atoms with van der Waals surface area (Å²) in [6.07, 6.45) is 3.44. The second-order valence-electron chi connectivity index (χ2n) is 4.71. The van der Waals surface area contributed by atoms with Crippen molar-refractivity contribution >= 4 is 22.9 Å². The van der Waals surface area contributed by atoms with E-state index < -0.39 is 0 Å². The minimum atomic E-state index is 0.474. The SMILES string of the molecule is c1ccc(-c2ccnc(Nc3nc4ccccc4[nH]3)n2)nc1. The number of nitrogens with zero attached hydrogens (tertiary/aromatic N) is 4. The Kier molecular flexibility index (Phi) is 2.97. The van der Waals surface area contributed by atoms with Gasteiger partial charge in [0.2, 0.25) is 11.9 Å². The van der Waals surface area contributed by atoms with E-state index >= 15 is 0 Å². The van der Waals surface area contributed by atoms with Gasteiger partial charge in [0.05, 0.1) is 22.4 Å². The molecule has 3 aromatic heterocycles. The van der Waals surface area contributed by atoms with Crippen LogP contribution in [-0.2, 0) is 0 Å². The summed E-state index contributed by atoms with van der Waals surface area (Å²) in [7, 11) is 0. The number of rotatable bonds is 3. The Balaban J connectivity index is 1.65. The van der Waals surface area contributed by atoms with Gasteiger partial charge in [-0.15, -0.1) is 0 Å². The van der Waals surface area contributed by atoms with Crippen molar-refractivity contribution in [2.45, 2.75) is 0 Å². The lowest BCUT2D eigenvalue weighted by Crippen LogP contribution is -1.99. The number of aromatic nitrogens is 5. The Morgan fingerprint density at radius 2 is 1.68 bits per heavy atom. The van der Waals surface area contributed by atoms with Crippen LogP contribution < -0.4 is 5.32 Å². The highest BCUT2D eigenvalue weighted by Gasteiger charge is 2.06. The molecule has 0 bridgehead atoms. The topological polar surface area (TPSA) is 79.4 Å². The summed E-state index contributed by atoms with van der Waals surface area (Å²) in [6, 6.07) is 15.4. The van der Waals surface area contributed by atoms with Crippen molar-refractivity contribution in [1.29, 1.82) is 0 Å². The molecule has 0 saturated heterocycles. The molecule has 0 fully saturated rings. The van der Waals surface area contributed by atoms with E-state index in [-0.39, 0.29) is 0 Å². The molecule has 0 aliphatic rings. The van der Waals surface area contributed by atoms with Crippen LogP contribution in [0.1, 0.15) is 0 Å². The minimum absolute atomic E-state index is 0.474. The highest BCUT2D eigenvalue weighted by molar-refractivity contribution is 5.77. The third-order valence-electron chi connectivity index (χ3n) is 3.20. The first kappa shape index (κ1) is 12.5. The molecule has 6 nitrogen and oxygen atoms in total. The van der Waals surface area contributed by atoms with Gasteiger partial charge in [0.15, 0.2) is 0 Å². The fourth-order valence-corrected chi connectivity index (χ4v) is 2.19. The number of pyridine rings is 1. The number of hydrogen-bond donors (Lipinski definition) is 2. The van der Waals surface area contributed by atoms with Crippen molar-refractivity contribution < 1.29 is 0 Å². The van der Waals surface area contributed by atoms with Gasteiger partial charge in [-0.2, -0.15) is 0 Å². The van der Waals surface area contributed by atoms with Crippen molar-refractivity contribution in [1.82, 2.24) is 24.9 Å². The zero-order chi connectivity index (χ0) is 14.8. The molecule has 2 N–H and O–H groups in total. The quantitative estimate of drug-likeness (QED) is 0.605. The number of H-pyrrole nitrogens is 1. The highest BCUT2D eigenvalue weighted by atomic mass is 15.2. The van der Waals surface area contributed by atoms with Crippen molar-refractivity contribution in [3.8, 4) is 11.4 Å². The molecule has 3 heterocycles. The molecule has 0 spiro atoms. The van der Waals surface area contributed by atoms with Crippen molar-refractivity contribution in [2.24, 2.45) is 0 Å². The number of aromatic amines is 1. The smallest absolute Gasteiger partial charge is 0.230 e. The van der Waals surface area contributed by atoms with E-state index in [4.69, 9.17) is 0 Å². The first-order chi connectivity index (χ1) is 10.9. The summed E-state index contributed by atoms with van der Waals surface area (Å²) < 4.78 is 0. The Bertz CT molecular complexity index is 883. The third kappa shape index (κ3) is 2.37. The van der Waals surface area contributed by atoms with Crippen LogP contribution in [0, 0.1) is 0 Å². The molecule has 22 heavy (non-hydrogen) atoms. The normalized spacial score (nSPS) is 10.7. The lowest BCUT2D eigenvalue weighted by atomic mass is 10.3. The predicted octanol–water partition coefficient (Wildman–Crippen LogP) is 3.16. The molecule has 106 valence electrons. The Hall–Kier alpha value is -3.28. The van der Waals surface area contributed by atoms with E-state index in [0.29, 0.717) is 11.9 Å². The van der Waals surface area contributed by atoms with Gasteiger partial charge in [-0.25, -0.2) is 15.0 Å². The second kappa shape index (κ2) is 5.25. The maximum absolute atomic E-state index is 4.46. The van der Waals surface area contributed by atoms with E-state index in [1.807, 2.05) is 48.5 Å². The molecule has 4 rings (SSSR count). The lowest BCUT2D eigenvalue weighted by molar-refractivity contribution is 1.13. The Labute approximate surface area is 126 Å². The van der Waals surface area contributed by atoms with Gasteiger partial charge in [0, 0.05) is 12.4 Å². The zero-order valence-corrected chi connectivity index (χ0v) is 11.6. The first-order valence-electron chi connectivity index (χ1n) is 6.85. The summed E-state index contributed by atoms with van der Waals surface area (Å²) in [6.45, 7) is 0. The van der Waals surface area contributed by atoms with E-state index in [1.165, 1.54) is 0 Å². The summed E-state index contributed by atoms with van der Waals surface area (Å²) in [5.41, 5.74) is 3.42. The standard InChI is InChI=1S/C16H12N6/c1-2-7-13-12(6-1)20-16(21-13)22-15-18-10-8-14(19-15)11-5-3-4-9-17-11/h1-10H,(H2,18,19,20,21,22). The van der Waals surface area contributed by atoms with Gasteiger partial charge in [-0.05, 0) is 30.3 Å². The fraction of sp³-hybridized carbons (Fsp3) is 0. The molecule has 0 aliphatic heterocycles. The van der Waals surface area contributed by atoms with E-state index in [1.54, 1.807) is 12.4 Å². The van der Waals surface area contributed by atoms with Crippen LogP contribution in [0.3, 0.4) is 0 Å². The molecule has 0 radical (unpaired) electrons. The van der Waals surface area contributed by atoms with E-state index in [9.17, 15) is 0 Å². The molecule has 0 saturated carbocycles. The average Bonchev–Trinajstić information content (AvgIpc) is 2.98. The summed E-state index contributed by atoms with van der Waals surface area (Å²) in [5, 5.41) is 3.09. The Morgan fingerprint density at radius 1 is 0.773 bits per heavy atom. The second-order valence-corrected chi connectivity index (χ2v) is 4.71. The van der Waals surface area contributed by atoms with Crippen molar-refractivity contribution in [2.75, 3.05) is 5.32 Å². The minimum Gasteiger partial charge on any atom is -0.324 e. The van der Waals surface area contributed by atoms with Crippen molar-refractivity contribution in [3.63, 3.8) is 0 Å². The van der Waals surface area contributed by atoms with Crippen LogP contribution in [-0.4, -0.2) is 24.9 Å². The van der Waals surface area contributed by atoms with Crippen LogP contribution in [0.25, 0.3) is 22.4 Å². The number of para-hydroxylation sites is 2. The van der Waals surface area contributed by atoms with Gasteiger partial charge in [0.25, 0.3) is 0 Å². The number of imidazole rings is 1. The van der Waals surface area contributed by atoms with Crippen LogP contribution >= 0.6 is 0 Å². The van der Waals surface area contributed by atoms with E-state index in [0.717, 1.165) is 22.4 Å². The lowest BCUT2D eigenvalue weighted by Gasteiger charge is -2.03. The van der Waals surface area contributed by atoms with Crippen LogP contribution in [0.15, 0.2) is 60.9 Å². The molecule has 0 aliphatic carbocycles. The van der Waals surface area contributed by atoms with E-state index in [2.05, 4.69) is 30.2 Å². The maximum atomic E-state index is 4.46.